The number of halogens is 4. The van der Waals surface area contributed by atoms with Gasteiger partial charge < -0.3 is 10.1 Å². The fourth-order valence-corrected chi connectivity index (χ4v) is 3.06. The van der Waals surface area contributed by atoms with E-state index in [-0.39, 0.29) is 5.75 Å². The summed E-state index contributed by atoms with van der Waals surface area (Å²) in [5.74, 6) is -0.219. The lowest BCUT2D eigenvalue weighted by atomic mass is 10.0. The van der Waals surface area contributed by atoms with Crippen LogP contribution >= 0.6 is 22.9 Å². The van der Waals surface area contributed by atoms with Gasteiger partial charge in [0.05, 0.1) is 10.4 Å². The molecule has 108 valence electrons. The molecule has 20 heavy (non-hydrogen) atoms. The molecule has 2 rings (SSSR count). The van der Waals surface area contributed by atoms with E-state index in [0.717, 1.165) is 4.88 Å². The van der Waals surface area contributed by atoms with Gasteiger partial charge in [0, 0.05) is 10.4 Å². The molecule has 1 N–H and O–H groups in total. The normalized spacial score (nSPS) is 13.2. The van der Waals surface area contributed by atoms with Crippen molar-refractivity contribution in [1.82, 2.24) is 5.32 Å². The summed E-state index contributed by atoms with van der Waals surface area (Å²) in [6, 6.07) is 9.12. The zero-order valence-corrected chi connectivity index (χ0v) is 11.9. The Hall–Kier alpha value is -1.24. The fourth-order valence-electron chi connectivity index (χ4n) is 1.87. The summed E-state index contributed by atoms with van der Waals surface area (Å²) >= 11 is 7.18. The second-order valence-corrected chi connectivity index (χ2v) is 5.70. The Morgan fingerprint density at radius 2 is 1.90 bits per heavy atom. The van der Waals surface area contributed by atoms with Gasteiger partial charge in [0.25, 0.3) is 0 Å². The lowest BCUT2D eigenvalue weighted by Crippen LogP contribution is -2.22. The molecule has 0 spiro atoms. The first-order chi connectivity index (χ1) is 9.40. The smallest absolute Gasteiger partial charge is 0.405 e. The Morgan fingerprint density at radius 3 is 2.45 bits per heavy atom. The van der Waals surface area contributed by atoms with Gasteiger partial charge in [-0.2, -0.15) is 0 Å². The van der Waals surface area contributed by atoms with Crippen molar-refractivity contribution in [2.24, 2.45) is 0 Å². The molecule has 0 aliphatic rings. The monoisotopic (exact) mass is 321 g/mol. The number of ether oxygens (including phenoxy) is 1. The number of thiophene rings is 1. The molecule has 0 saturated carbocycles. The topological polar surface area (TPSA) is 21.3 Å². The van der Waals surface area contributed by atoms with Crippen molar-refractivity contribution >= 4 is 22.9 Å². The van der Waals surface area contributed by atoms with Gasteiger partial charge in [0.2, 0.25) is 0 Å². The highest BCUT2D eigenvalue weighted by molar-refractivity contribution is 7.16. The highest BCUT2D eigenvalue weighted by Crippen LogP contribution is 2.36. The van der Waals surface area contributed by atoms with E-state index >= 15 is 0 Å². The van der Waals surface area contributed by atoms with E-state index in [1.807, 2.05) is 0 Å². The van der Waals surface area contributed by atoms with E-state index < -0.39 is 12.4 Å². The number of hydrogen-bond donors (Lipinski definition) is 1. The molecule has 0 bridgehead atoms. The molecule has 1 atom stereocenters. The molecule has 0 fully saturated rings. The van der Waals surface area contributed by atoms with Crippen molar-refractivity contribution in [3.63, 3.8) is 0 Å². The van der Waals surface area contributed by atoms with Gasteiger partial charge >= 0.3 is 6.36 Å². The van der Waals surface area contributed by atoms with Gasteiger partial charge in [0.1, 0.15) is 5.75 Å². The van der Waals surface area contributed by atoms with Gasteiger partial charge in [-0.15, -0.1) is 24.5 Å². The zero-order chi connectivity index (χ0) is 14.8. The van der Waals surface area contributed by atoms with Crippen LogP contribution in [0.15, 0.2) is 36.4 Å². The third-order valence-electron chi connectivity index (χ3n) is 2.62. The van der Waals surface area contributed by atoms with Crippen LogP contribution in [-0.2, 0) is 0 Å². The van der Waals surface area contributed by atoms with Crippen molar-refractivity contribution in [2.75, 3.05) is 7.05 Å². The highest BCUT2D eigenvalue weighted by atomic mass is 35.5. The minimum absolute atomic E-state index is 0.219. The molecule has 0 aliphatic heterocycles. The molecule has 0 aliphatic carbocycles. The summed E-state index contributed by atoms with van der Waals surface area (Å²) < 4.78 is 42.0. The van der Waals surface area contributed by atoms with Gasteiger partial charge in [0.15, 0.2) is 0 Å². The summed E-state index contributed by atoms with van der Waals surface area (Å²) in [7, 11) is 1.67. The first-order valence-corrected chi connectivity index (χ1v) is 6.87. The van der Waals surface area contributed by atoms with Gasteiger partial charge in [-0.3, -0.25) is 0 Å². The van der Waals surface area contributed by atoms with Crippen LogP contribution in [0.5, 0.6) is 5.75 Å². The Balaban J connectivity index is 2.39. The number of hydrogen-bond acceptors (Lipinski definition) is 3. The quantitative estimate of drug-likeness (QED) is 0.888. The second kappa shape index (κ2) is 6.03. The van der Waals surface area contributed by atoms with Crippen LogP contribution in [-0.4, -0.2) is 13.4 Å². The number of benzene rings is 1. The van der Waals surface area contributed by atoms with Crippen LogP contribution in [0.1, 0.15) is 16.5 Å². The number of alkyl halides is 3. The first kappa shape index (κ1) is 15.2. The van der Waals surface area contributed by atoms with E-state index in [0.29, 0.717) is 9.90 Å². The lowest BCUT2D eigenvalue weighted by molar-refractivity contribution is -0.275. The van der Waals surface area contributed by atoms with E-state index in [2.05, 4.69) is 10.1 Å². The molecular weight excluding hydrogens is 311 g/mol. The molecule has 0 amide bonds. The third-order valence-corrected chi connectivity index (χ3v) is 3.92. The number of nitrogens with one attached hydrogen (secondary N) is 1. The van der Waals surface area contributed by atoms with Crippen molar-refractivity contribution in [1.29, 1.82) is 0 Å². The fraction of sp³-hybridized carbons (Fsp3) is 0.231. The minimum atomic E-state index is -4.72. The van der Waals surface area contributed by atoms with E-state index in [4.69, 9.17) is 11.6 Å². The first-order valence-electron chi connectivity index (χ1n) is 5.68. The maximum atomic E-state index is 12.4. The molecule has 1 unspecified atom stereocenters. The van der Waals surface area contributed by atoms with Gasteiger partial charge in [-0.25, -0.2) is 0 Å². The van der Waals surface area contributed by atoms with Crippen LogP contribution in [0.4, 0.5) is 13.2 Å². The molecule has 1 heterocycles. The van der Waals surface area contributed by atoms with Gasteiger partial charge in [-0.05, 0) is 25.2 Å². The maximum Gasteiger partial charge on any atom is 0.573 e. The van der Waals surface area contributed by atoms with Crippen LogP contribution in [0.25, 0.3) is 0 Å². The van der Waals surface area contributed by atoms with Crippen LogP contribution in [0.2, 0.25) is 4.34 Å². The summed E-state index contributed by atoms with van der Waals surface area (Å²) in [4.78, 5) is 0.815. The Labute approximate surface area is 123 Å². The van der Waals surface area contributed by atoms with Gasteiger partial charge in [-0.1, -0.05) is 29.8 Å². The number of para-hydroxylation sites is 1. The average Bonchev–Trinajstić information content (AvgIpc) is 2.77. The molecule has 1 aromatic carbocycles. The molecule has 0 saturated heterocycles. The number of rotatable bonds is 4. The minimum Gasteiger partial charge on any atom is -0.405 e. The van der Waals surface area contributed by atoms with Crippen molar-refractivity contribution in [3.05, 3.63) is 51.2 Å². The van der Waals surface area contributed by atoms with E-state index in [9.17, 15) is 13.2 Å². The largest absolute Gasteiger partial charge is 0.573 e. The summed E-state index contributed by atoms with van der Waals surface area (Å²) in [6.45, 7) is 0. The predicted octanol–water partition coefficient (Wildman–Crippen LogP) is 4.61. The zero-order valence-electron chi connectivity index (χ0n) is 10.4. The molecule has 1 aromatic heterocycles. The van der Waals surface area contributed by atoms with Crippen molar-refractivity contribution in [2.45, 2.75) is 12.4 Å². The second-order valence-electron chi connectivity index (χ2n) is 3.95. The average molecular weight is 322 g/mol. The lowest BCUT2D eigenvalue weighted by Gasteiger charge is -2.19. The summed E-state index contributed by atoms with van der Waals surface area (Å²) in [6.07, 6.45) is -4.72. The Kier molecular flexibility index (Phi) is 4.57. The summed E-state index contributed by atoms with van der Waals surface area (Å²) in [5, 5.41) is 2.98. The SMILES string of the molecule is CNC(c1ccc(Cl)s1)c1ccccc1OC(F)(F)F. The van der Waals surface area contributed by atoms with Crippen LogP contribution in [0.3, 0.4) is 0 Å². The molecule has 2 nitrogen and oxygen atoms in total. The molecular formula is C13H11ClF3NOS. The molecule has 0 radical (unpaired) electrons. The van der Waals surface area contributed by atoms with Crippen molar-refractivity contribution < 1.29 is 17.9 Å². The standard InChI is InChI=1S/C13H11ClF3NOS/c1-18-12(10-6-7-11(14)20-10)8-4-2-3-5-9(8)19-13(15,16)17/h2-7,12,18H,1H3. The van der Waals surface area contributed by atoms with Crippen LogP contribution in [0, 0.1) is 0 Å². The van der Waals surface area contributed by atoms with Crippen LogP contribution < -0.4 is 10.1 Å². The summed E-state index contributed by atoms with van der Waals surface area (Å²) in [5.41, 5.74) is 0.408. The Bertz CT molecular complexity index is 585. The van der Waals surface area contributed by atoms with Crippen molar-refractivity contribution in [3.8, 4) is 5.75 Å². The molecule has 7 heteroatoms. The van der Waals surface area contributed by atoms with E-state index in [1.165, 1.54) is 23.5 Å². The highest BCUT2D eigenvalue weighted by Gasteiger charge is 2.33. The molecule has 2 aromatic rings. The maximum absolute atomic E-state index is 12.4. The van der Waals surface area contributed by atoms with E-state index in [1.54, 1.807) is 31.3 Å². The predicted molar refractivity (Wildman–Crippen MR) is 73.4 cm³/mol. The third kappa shape index (κ3) is 3.65. The Morgan fingerprint density at radius 1 is 1.20 bits per heavy atom.